The summed E-state index contributed by atoms with van der Waals surface area (Å²) in [4.78, 5) is 15.6. The van der Waals surface area contributed by atoms with Crippen molar-refractivity contribution < 1.29 is 4.74 Å². The number of ether oxygens (including phenoxy) is 1. The van der Waals surface area contributed by atoms with Gasteiger partial charge in [-0.15, -0.1) is 11.3 Å². The lowest BCUT2D eigenvalue weighted by atomic mass is 9.89. The van der Waals surface area contributed by atoms with Crippen molar-refractivity contribution in [2.75, 3.05) is 7.11 Å². The monoisotopic (exact) mass is 367 g/mol. The second-order valence-corrected chi connectivity index (χ2v) is 7.84. The molecular formula is C18H17N5O2S. The number of aromatic nitrogens is 5. The fourth-order valence-electron chi connectivity index (χ4n) is 3.73. The number of hydrogen-bond acceptors (Lipinski definition) is 6. The predicted molar refractivity (Wildman–Crippen MR) is 99.5 cm³/mol. The minimum atomic E-state index is -0.0560. The van der Waals surface area contributed by atoms with Crippen LogP contribution in [0.3, 0.4) is 0 Å². The highest BCUT2D eigenvalue weighted by Crippen LogP contribution is 2.36. The second kappa shape index (κ2) is 5.63. The zero-order valence-corrected chi connectivity index (χ0v) is 15.3. The molecule has 7 nitrogen and oxygen atoms in total. The van der Waals surface area contributed by atoms with E-state index in [2.05, 4.69) is 22.4 Å². The number of fused-ring (bicyclic) bond motifs is 5. The van der Waals surface area contributed by atoms with Crippen molar-refractivity contribution in [1.82, 2.24) is 24.6 Å². The predicted octanol–water partition coefficient (Wildman–Crippen LogP) is 2.62. The van der Waals surface area contributed by atoms with Gasteiger partial charge in [-0.05, 0) is 65.4 Å². The van der Waals surface area contributed by atoms with E-state index in [9.17, 15) is 4.79 Å². The molecule has 0 amide bonds. The van der Waals surface area contributed by atoms with Crippen LogP contribution in [-0.2, 0) is 12.8 Å². The minimum absolute atomic E-state index is 0.0560. The largest absolute Gasteiger partial charge is 0.497 e. The van der Waals surface area contributed by atoms with E-state index >= 15 is 0 Å². The van der Waals surface area contributed by atoms with Gasteiger partial charge in [0, 0.05) is 4.88 Å². The van der Waals surface area contributed by atoms with E-state index in [1.807, 2.05) is 24.3 Å². The van der Waals surface area contributed by atoms with Gasteiger partial charge in [0.15, 0.2) is 0 Å². The first kappa shape index (κ1) is 15.5. The maximum absolute atomic E-state index is 13.4. The molecule has 8 heteroatoms. The minimum Gasteiger partial charge on any atom is -0.497 e. The zero-order valence-electron chi connectivity index (χ0n) is 14.5. The van der Waals surface area contributed by atoms with Crippen LogP contribution < -0.4 is 10.3 Å². The van der Waals surface area contributed by atoms with Crippen molar-refractivity contribution in [3.05, 3.63) is 45.1 Å². The van der Waals surface area contributed by atoms with Crippen molar-refractivity contribution in [3.8, 4) is 11.4 Å². The molecule has 26 heavy (non-hydrogen) atoms. The zero-order chi connectivity index (χ0) is 17.8. The summed E-state index contributed by atoms with van der Waals surface area (Å²) in [5.74, 6) is 1.81. The maximum atomic E-state index is 13.4. The lowest BCUT2D eigenvalue weighted by Crippen LogP contribution is -2.22. The first-order chi connectivity index (χ1) is 12.7. The van der Waals surface area contributed by atoms with E-state index in [-0.39, 0.29) is 5.56 Å². The van der Waals surface area contributed by atoms with Crippen molar-refractivity contribution in [1.29, 1.82) is 0 Å². The molecule has 4 aromatic rings. The Morgan fingerprint density at radius 2 is 2.08 bits per heavy atom. The van der Waals surface area contributed by atoms with Gasteiger partial charge in [-0.3, -0.25) is 4.79 Å². The van der Waals surface area contributed by atoms with Gasteiger partial charge in [0.05, 0.1) is 18.2 Å². The van der Waals surface area contributed by atoms with Gasteiger partial charge in [-0.2, -0.15) is 4.52 Å². The molecule has 1 atom stereocenters. The average molecular weight is 367 g/mol. The molecule has 1 aromatic carbocycles. The van der Waals surface area contributed by atoms with Gasteiger partial charge in [0.25, 0.3) is 11.3 Å². The first-order valence-electron chi connectivity index (χ1n) is 8.59. The van der Waals surface area contributed by atoms with Crippen molar-refractivity contribution in [2.45, 2.75) is 26.2 Å². The summed E-state index contributed by atoms with van der Waals surface area (Å²) < 4.78 is 8.50. The normalized spacial score (nSPS) is 16.9. The first-order valence-corrected chi connectivity index (χ1v) is 9.41. The smallest absolute Gasteiger partial charge is 0.268 e. The van der Waals surface area contributed by atoms with Gasteiger partial charge in [-0.1, -0.05) is 12.0 Å². The summed E-state index contributed by atoms with van der Waals surface area (Å²) in [6.07, 6.45) is 3.05. The van der Waals surface area contributed by atoms with Crippen LogP contribution in [0.25, 0.3) is 21.7 Å². The van der Waals surface area contributed by atoms with Crippen molar-refractivity contribution in [3.63, 3.8) is 0 Å². The van der Waals surface area contributed by atoms with Crippen LogP contribution in [0.1, 0.15) is 23.8 Å². The summed E-state index contributed by atoms with van der Waals surface area (Å²) in [5.41, 5.74) is 1.84. The quantitative estimate of drug-likeness (QED) is 0.544. The Hall–Kier alpha value is -2.74. The molecule has 1 aliphatic carbocycles. The Kier molecular flexibility index (Phi) is 3.36. The van der Waals surface area contributed by atoms with E-state index in [0.29, 0.717) is 11.7 Å². The standard InChI is InChI=1S/C18H17N5O2S/c1-10-3-8-13-14(9-10)26-17-15(13)16(24)22(18-19-20-21-23(17)18)11-4-6-12(25-2)7-5-11/h4-7,10H,3,8-9H2,1-2H3/t10-/m1/s1. The van der Waals surface area contributed by atoms with Gasteiger partial charge in [-0.25, -0.2) is 4.57 Å². The van der Waals surface area contributed by atoms with Crippen LogP contribution in [0, 0.1) is 5.92 Å². The van der Waals surface area contributed by atoms with Gasteiger partial charge in [0.2, 0.25) is 0 Å². The highest BCUT2D eigenvalue weighted by Gasteiger charge is 2.26. The third kappa shape index (κ3) is 2.11. The number of methoxy groups -OCH3 is 1. The SMILES string of the molecule is COc1ccc(-n2c(=O)c3c4c(sc3n3nnnc23)C[C@H](C)CC4)cc1. The number of thiophene rings is 1. The Morgan fingerprint density at radius 3 is 2.85 bits per heavy atom. The average Bonchev–Trinajstić information content (AvgIpc) is 3.26. The molecule has 3 heterocycles. The van der Waals surface area contributed by atoms with Crippen molar-refractivity contribution in [2.24, 2.45) is 5.92 Å². The van der Waals surface area contributed by atoms with Crippen LogP contribution in [0.5, 0.6) is 5.75 Å². The lowest BCUT2D eigenvalue weighted by Gasteiger charge is -2.17. The third-order valence-corrected chi connectivity index (χ3v) is 6.32. The summed E-state index contributed by atoms with van der Waals surface area (Å²) in [6.45, 7) is 2.26. The molecule has 0 spiro atoms. The fourth-order valence-corrected chi connectivity index (χ4v) is 5.17. The summed E-state index contributed by atoms with van der Waals surface area (Å²) in [6, 6.07) is 7.36. The maximum Gasteiger partial charge on any atom is 0.268 e. The van der Waals surface area contributed by atoms with Crippen LogP contribution in [0.2, 0.25) is 0 Å². The lowest BCUT2D eigenvalue weighted by molar-refractivity contribution is 0.414. The molecule has 132 valence electrons. The van der Waals surface area contributed by atoms with Crippen LogP contribution in [-0.4, -0.2) is 31.7 Å². The Balaban J connectivity index is 1.86. The molecule has 0 aliphatic heterocycles. The number of benzene rings is 1. The molecule has 0 saturated carbocycles. The summed E-state index contributed by atoms with van der Waals surface area (Å²) in [5, 5.41) is 12.8. The summed E-state index contributed by atoms with van der Waals surface area (Å²) in [7, 11) is 1.62. The van der Waals surface area contributed by atoms with Crippen LogP contribution >= 0.6 is 11.3 Å². The fraction of sp³-hybridized carbons (Fsp3) is 0.333. The van der Waals surface area contributed by atoms with Gasteiger partial charge in [0.1, 0.15) is 10.6 Å². The van der Waals surface area contributed by atoms with Crippen LogP contribution in [0.4, 0.5) is 0 Å². The Morgan fingerprint density at radius 1 is 1.27 bits per heavy atom. The molecule has 0 N–H and O–H groups in total. The third-order valence-electron chi connectivity index (χ3n) is 5.09. The highest BCUT2D eigenvalue weighted by molar-refractivity contribution is 7.18. The topological polar surface area (TPSA) is 74.3 Å². The van der Waals surface area contributed by atoms with E-state index in [1.165, 1.54) is 10.4 Å². The molecule has 3 aromatic heterocycles. The molecule has 0 radical (unpaired) electrons. The van der Waals surface area contributed by atoms with E-state index in [1.54, 1.807) is 27.5 Å². The molecule has 0 bridgehead atoms. The van der Waals surface area contributed by atoms with Gasteiger partial charge >= 0.3 is 0 Å². The molecule has 0 unspecified atom stereocenters. The number of hydrogen-bond donors (Lipinski definition) is 0. The number of aryl methyl sites for hydroxylation is 1. The van der Waals surface area contributed by atoms with Crippen molar-refractivity contribution >= 4 is 27.3 Å². The molecule has 1 aliphatic rings. The molecule has 0 fully saturated rings. The van der Waals surface area contributed by atoms with Crippen LogP contribution in [0.15, 0.2) is 29.1 Å². The molecule has 5 rings (SSSR count). The van der Waals surface area contributed by atoms with E-state index < -0.39 is 0 Å². The van der Waals surface area contributed by atoms with E-state index in [0.717, 1.165) is 40.9 Å². The second-order valence-electron chi connectivity index (χ2n) is 6.76. The Bertz CT molecular complexity index is 1190. The van der Waals surface area contributed by atoms with E-state index in [4.69, 9.17) is 4.74 Å². The molecular weight excluding hydrogens is 350 g/mol. The number of tetrazole rings is 1. The summed E-state index contributed by atoms with van der Waals surface area (Å²) >= 11 is 1.65. The Labute approximate surface area is 152 Å². The van der Waals surface area contributed by atoms with Gasteiger partial charge < -0.3 is 4.74 Å². The number of nitrogens with zero attached hydrogens (tertiary/aromatic N) is 5. The number of rotatable bonds is 2. The highest BCUT2D eigenvalue weighted by atomic mass is 32.1. The molecule has 0 saturated heterocycles.